The van der Waals surface area contributed by atoms with Gasteiger partial charge in [0, 0.05) is 52.2 Å². The van der Waals surface area contributed by atoms with Gasteiger partial charge in [-0.15, -0.1) is 0 Å². The number of aromatic nitrogens is 1. The molecule has 1 aromatic heterocycles. The number of anilines is 1. The maximum Gasteiger partial charge on any atom is 0.255 e. The Hall–Kier alpha value is -3.17. The molecule has 1 aliphatic carbocycles. The summed E-state index contributed by atoms with van der Waals surface area (Å²) in [7, 11) is 1.47. The molecule has 2 aliphatic rings. The second kappa shape index (κ2) is 11.3. The third-order valence-electron chi connectivity index (χ3n) is 5.99. The van der Waals surface area contributed by atoms with Gasteiger partial charge in [0.1, 0.15) is 5.82 Å². The van der Waals surface area contributed by atoms with Crippen molar-refractivity contribution in [3.05, 3.63) is 69.1 Å². The Balaban J connectivity index is 0.00000115. The summed E-state index contributed by atoms with van der Waals surface area (Å²) in [6.07, 6.45) is 2.69. The van der Waals surface area contributed by atoms with E-state index in [4.69, 9.17) is 9.84 Å². The number of aliphatic hydroxyl groups excluding tert-OH is 1. The van der Waals surface area contributed by atoms with Crippen molar-refractivity contribution in [3.63, 3.8) is 0 Å². The van der Waals surface area contributed by atoms with Gasteiger partial charge in [0.25, 0.3) is 5.91 Å². The summed E-state index contributed by atoms with van der Waals surface area (Å²) < 4.78 is 6.10. The summed E-state index contributed by atoms with van der Waals surface area (Å²) in [4.78, 5) is 31.1. The van der Waals surface area contributed by atoms with Crippen LogP contribution in [0.15, 0.2) is 63.5 Å². The summed E-state index contributed by atoms with van der Waals surface area (Å²) >= 11 is 3.34. The van der Waals surface area contributed by atoms with Crippen molar-refractivity contribution in [2.24, 2.45) is 5.41 Å². The monoisotopic (exact) mass is 557 g/mol. The number of carbonyl (C=O) groups is 2. The Morgan fingerprint density at radius 3 is 2.58 bits per heavy atom. The predicted molar refractivity (Wildman–Crippen MR) is 142 cm³/mol. The van der Waals surface area contributed by atoms with Crippen molar-refractivity contribution >= 4 is 33.4 Å². The number of methoxy groups -OCH3 is 1. The molecule has 1 amide bonds. The van der Waals surface area contributed by atoms with Crippen LogP contribution in [0.3, 0.4) is 0 Å². The zero-order valence-corrected chi connectivity index (χ0v) is 22.7. The molecule has 9 heteroatoms. The standard InChI is InChI=1S/C25H26BrN3O4.C2H6O/c1-13-21(24(32)29-20-8-6-15(26)12-27-20)22(14-5-7-17(30)19(9-14)33-4)23-16(28-13)10-25(2,3)11-18(23)31;1-2-3/h5-9,12,22,28,30H,10-11H2,1-4H3,(H,27,29,32);3H,2H2,1H3. The third-order valence-corrected chi connectivity index (χ3v) is 6.46. The van der Waals surface area contributed by atoms with E-state index in [0.717, 1.165) is 10.2 Å². The van der Waals surface area contributed by atoms with Gasteiger partial charge in [0.2, 0.25) is 0 Å². The maximum absolute atomic E-state index is 13.5. The first-order valence-corrected chi connectivity index (χ1v) is 12.4. The van der Waals surface area contributed by atoms with Gasteiger partial charge in [0.15, 0.2) is 17.3 Å². The lowest BCUT2D eigenvalue weighted by atomic mass is 9.68. The fourth-order valence-corrected chi connectivity index (χ4v) is 4.81. The number of ether oxygens (including phenoxy) is 1. The Kier molecular flexibility index (Phi) is 8.58. The number of phenolic OH excluding ortho intramolecular Hbond substituents is 1. The molecule has 2 aromatic rings. The Morgan fingerprint density at radius 2 is 1.97 bits per heavy atom. The van der Waals surface area contributed by atoms with Gasteiger partial charge in [-0.2, -0.15) is 0 Å². The highest BCUT2D eigenvalue weighted by Crippen LogP contribution is 2.47. The highest BCUT2D eigenvalue weighted by molar-refractivity contribution is 9.10. The first-order valence-electron chi connectivity index (χ1n) is 11.7. The van der Waals surface area contributed by atoms with Crippen molar-refractivity contribution < 1.29 is 24.5 Å². The fourth-order valence-electron chi connectivity index (χ4n) is 4.58. The van der Waals surface area contributed by atoms with Gasteiger partial charge in [-0.05, 0) is 71.4 Å². The third kappa shape index (κ3) is 5.96. The number of hydrogen-bond acceptors (Lipinski definition) is 7. The molecule has 1 aromatic carbocycles. The summed E-state index contributed by atoms with van der Waals surface area (Å²) in [5.41, 5.74) is 3.04. The molecule has 1 aliphatic heterocycles. The Morgan fingerprint density at radius 1 is 1.28 bits per heavy atom. The number of allylic oxidation sites excluding steroid dienone is 3. The van der Waals surface area contributed by atoms with Crippen LogP contribution in [0.25, 0.3) is 0 Å². The zero-order valence-electron chi connectivity index (χ0n) is 21.1. The number of halogens is 1. The number of amides is 1. The van der Waals surface area contributed by atoms with Gasteiger partial charge < -0.3 is 25.6 Å². The number of carbonyl (C=O) groups excluding carboxylic acids is 2. The minimum atomic E-state index is -0.602. The molecular formula is C27H32BrN3O5. The molecular weight excluding hydrogens is 526 g/mol. The lowest BCUT2D eigenvalue weighted by molar-refractivity contribution is -0.118. The molecule has 192 valence electrons. The van der Waals surface area contributed by atoms with Crippen LogP contribution in [0.5, 0.6) is 11.5 Å². The summed E-state index contributed by atoms with van der Waals surface area (Å²) in [5, 5.41) is 23.9. The number of nitrogens with zero attached hydrogens (tertiary/aromatic N) is 1. The lowest BCUT2D eigenvalue weighted by Crippen LogP contribution is -2.39. The molecule has 0 bridgehead atoms. The number of Topliss-reactive ketones (excluding diaryl/α,β-unsaturated/α-hetero) is 1. The van der Waals surface area contributed by atoms with Crippen molar-refractivity contribution in [1.82, 2.24) is 10.3 Å². The van der Waals surface area contributed by atoms with E-state index < -0.39 is 5.92 Å². The van der Waals surface area contributed by atoms with E-state index in [-0.39, 0.29) is 35.2 Å². The molecule has 4 N–H and O–H groups in total. The van der Waals surface area contributed by atoms with E-state index >= 15 is 0 Å². The number of ketones is 1. The number of phenols is 1. The van der Waals surface area contributed by atoms with Crippen molar-refractivity contribution in [1.29, 1.82) is 0 Å². The van der Waals surface area contributed by atoms with Crippen LogP contribution in [0.4, 0.5) is 5.82 Å². The average Bonchev–Trinajstić information content (AvgIpc) is 2.79. The topological polar surface area (TPSA) is 121 Å². The number of dihydropyridines is 1. The van der Waals surface area contributed by atoms with Gasteiger partial charge in [-0.1, -0.05) is 19.9 Å². The largest absolute Gasteiger partial charge is 0.504 e. The van der Waals surface area contributed by atoms with Crippen LogP contribution in [-0.2, 0) is 9.59 Å². The van der Waals surface area contributed by atoms with Crippen molar-refractivity contribution in [3.8, 4) is 11.5 Å². The molecule has 0 spiro atoms. The van der Waals surface area contributed by atoms with Gasteiger partial charge in [0.05, 0.1) is 7.11 Å². The number of benzene rings is 1. The maximum atomic E-state index is 13.5. The second-order valence-corrected chi connectivity index (χ2v) is 10.4. The van der Waals surface area contributed by atoms with Gasteiger partial charge in [-0.25, -0.2) is 4.98 Å². The lowest BCUT2D eigenvalue weighted by Gasteiger charge is -2.39. The number of pyridine rings is 1. The smallest absolute Gasteiger partial charge is 0.255 e. The van der Waals surface area contributed by atoms with Crippen molar-refractivity contribution in [2.75, 3.05) is 19.0 Å². The molecule has 1 unspecified atom stereocenters. The SMILES string of the molecule is CCO.COc1cc(C2C(C(=O)Nc3ccc(Br)cn3)=C(C)NC3=C2C(=O)CC(C)(C)C3)ccc1O. The number of hydrogen-bond donors (Lipinski definition) is 4. The fraction of sp³-hybridized carbons (Fsp3) is 0.370. The van der Waals surface area contributed by atoms with E-state index in [0.29, 0.717) is 41.1 Å². The number of aliphatic hydroxyl groups is 1. The van der Waals surface area contributed by atoms with E-state index in [9.17, 15) is 14.7 Å². The van der Waals surface area contributed by atoms with Crippen LogP contribution in [0, 0.1) is 5.41 Å². The molecule has 36 heavy (non-hydrogen) atoms. The van der Waals surface area contributed by atoms with E-state index in [1.807, 2.05) is 6.92 Å². The Labute approximate surface area is 219 Å². The Bertz CT molecular complexity index is 1220. The number of aromatic hydroxyl groups is 1. The van der Waals surface area contributed by atoms with E-state index in [1.165, 1.54) is 13.2 Å². The first kappa shape index (κ1) is 27.4. The molecule has 2 heterocycles. The van der Waals surface area contributed by atoms with Crippen LogP contribution in [0.2, 0.25) is 0 Å². The zero-order chi connectivity index (χ0) is 26.6. The van der Waals surface area contributed by atoms with Crippen LogP contribution in [0.1, 0.15) is 52.0 Å². The van der Waals surface area contributed by atoms with Crippen LogP contribution in [-0.4, -0.2) is 40.6 Å². The first-order chi connectivity index (χ1) is 17.0. The van der Waals surface area contributed by atoms with E-state index in [1.54, 1.807) is 37.4 Å². The summed E-state index contributed by atoms with van der Waals surface area (Å²) in [5.74, 6) is -0.271. The molecule has 0 saturated heterocycles. The molecule has 0 saturated carbocycles. The molecule has 4 rings (SSSR count). The second-order valence-electron chi connectivity index (χ2n) is 9.49. The van der Waals surface area contributed by atoms with Gasteiger partial charge >= 0.3 is 0 Å². The summed E-state index contributed by atoms with van der Waals surface area (Å²) in [6.45, 7) is 7.90. The quantitative estimate of drug-likeness (QED) is 0.426. The number of rotatable bonds is 4. The molecule has 8 nitrogen and oxygen atoms in total. The minimum absolute atomic E-state index is 0.00496. The molecule has 0 radical (unpaired) electrons. The predicted octanol–water partition coefficient (Wildman–Crippen LogP) is 4.80. The summed E-state index contributed by atoms with van der Waals surface area (Å²) in [6, 6.07) is 8.42. The van der Waals surface area contributed by atoms with Crippen LogP contribution < -0.4 is 15.4 Å². The minimum Gasteiger partial charge on any atom is -0.504 e. The average molecular weight is 558 g/mol. The van der Waals surface area contributed by atoms with Crippen LogP contribution >= 0.6 is 15.9 Å². The van der Waals surface area contributed by atoms with E-state index in [2.05, 4.69) is 45.4 Å². The molecule has 1 atom stereocenters. The number of nitrogens with one attached hydrogen (secondary N) is 2. The highest BCUT2D eigenvalue weighted by Gasteiger charge is 2.42. The van der Waals surface area contributed by atoms with Gasteiger partial charge in [-0.3, -0.25) is 9.59 Å². The highest BCUT2D eigenvalue weighted by atomic mass is 79.9. The molecule has 0 fully saturated rings. The van der Waals surface area contributed by atoms with Crippen molar-refractivity contribution in [2.45, 2.75) is 46.5 Å². The normalized spacial score (nSPS) is 18.5.